The van der Waals surface area contributed by atoms with Crippen molar-refractivity contribution >= 4 is 0 Å². The molecule has 0 unspecified atom stereocenters. The summed E-state index contributed by atoms with van der Waals surface area (Å²) in [6, 6.07) is 11.8. The first-order valence-corrected chi connectivity index (χ1v) is 13.7. The SMILES string of the molecule is CCCCc1ccc(CCc2ccc(O)c(OC[C@H](NCC)c3cc([C@H](C)CNC[C@H](C)O)c[nH]3)c2)o1. The number of aromatic hydroxyl groups is 1. The van der Waals surface area contributed by atoms with Crippen molar-refractivity contribution in [3.8, 4) is 11.5 Å². The number of H-pyrrole nitrogens is 1. The molecule has 2 aromatic heterocycles. The number of ether oxygens (including phenoxy) is 1. The van der Waals surface area contributed by atoms with Gasteiger partial charge in [0.15, 0.2) is 11.5 Å². The van der Waals surface area contributed by atoms with Crippen LogP contribution in [0.2, 0.25) is 0 Å². The van der Waals surface area contributed by atoms with Gasteiger partial charge in [0.05, 0.1) is 12.1 Å². The molecule has 7 nitrogen and oxygen atoms in total. The van der Waals surface area contributed by atoms with Crippen LogP contribution < -0.4 is 15.4 Å². The standard InChI is InChI=1S/C30H45N3O4/c1-5-7-8-25-12-13-26(37-25)11-9-23-10-14-29(35)30(15-23)36-20-28(32-6-2)27-16-24(19-33-27)21(3)17-31-18-22(4)34/h10,12-16,19,21-22,28,31-35H,5-9,11,17-18,20H2,1-4H3/t21-,22+,28+/m1/s1. The molecule has 0 fully saturated rings. The van der Waals surface area contributed by atoms with Gasteiger partial charge < -0.3 is 35.0 Å². The molecular formula is C30H45N3O4. The first-order chi connectivity index (χ1) is 17.9. The third kappa shape index (κ3) is 9.26. The minimum Gasteiger partial charge on any atom is -0.504 e. The lowest BCUT2D eigenvalue weighted by Gasteiger charge is -2.18. The topological polar surface area (TPSA) is 103 Å². The van der Waals surface area contributed by atoms with Gasteiger partial charge in [-0.1, -0.05) is 33.3 Å². The average Bonchev–Trinajstić information content (AvgIpc) is 3.55. The molecule has 0 aliphatic rings. The molecule has 0 spiro atoms. The van der Waals surface area contributed by atoms with Crippen molar-refractivity contribution in [1.82, 2.24) is 15.6 Å². The maximum atomic E-state index is 10.4. The number of phenols is 1. The Hall–Kier alpha value is -2.74. The molecule has 0 saturated carbocycles. The molecule has 0 bridgehead atoms. The van der Waals surface area contributed by atoms with Crippen molar-refractivity contribution in [2.45, 2.75) is 77.9 Å². The number of furan rings is 1. The Labute approximate surface area is 221 Å². The van der Waals surface area contributed by atoms with Crippen LogP contribution in [0, 0.1) is 0 Å². The van der Waals surface area contributed by atoms with E-state index in [0.29, 0.717) is 24.8 Å². The second kappa shape index (κ2) is 14.9. The third-order valence-electron chi connectivity index (χ3n) is 6.60. The summed E-state index contributed by atoms with van der Waals surface area (Å²) < 4.78 is 12.1. The molecule has 204 valence electrons. The smallest absolute Gasteiger partial charge is 0.161 e. The number of hydrogen-bond acceptors (Lipinski definition) is 6. The Bertz CT molecular complexity index is 1060. The summed E-state index contributed by atoms with van der Waals surface area (Å²) in [6.07, 6.45) is 6.60. The highest BCUT2D eigenvalue weighted by Gasteiger charge is 2.17. The predicted octanol–water partition coefficient (Wildman–Crippen LogP) is 5.24. The largest absolute Gasteiger partial charge is 0.504 e. The van der Waals surface area contributed by atoms with Crippen LogP contribution in [0.25, 0.3) is 0 Å². The lowest BCUT2D eigenvalue weighted by Crippen LogP contribution is -2.28. The summed E-state index contributed by atoms with van der Waals surface area (Å²) in [5.74, 6) is 2.99. The molecule has 0 aliphatic heterocycles. The van der Waals surface area contributed by atoms with E-state index in [1.54, 1.807) is 13.0 Å². The molecule has 7 heteroatoms. The normalized spacial score (nSPS) is 14.0. The Balaban J connectivity index is 1.57. The van der Waals surface area contributed by atoms with Crippen molar-refractivity contribution in [3.63, 3.8) is 0 Å². The summed E-state index contributed by atoms with van der Waals surface area (Å²) in [5, 5.41) is 26.7. The van der Waals surface area contributed by atoms with E-state index in [4.69, 9.17) is 9.15 Å². The van der Waals surface area contributed by atoms with Crippen LogP contribution >= 0.6 is 0 Å². The zero-order chi connectivity index (χ0) is 26.6. The first-order valence-electron chi connectivity index (χ1n) is 13.7. The van der Waals surface area contributed by atoms with Crippen molar-refractivity contribution in [1.29, 1.82) is 0 Å². The van der Waals surface area contributed by atoms with Crippen LogP contribution in [0.4, 0.5) is 0 Å². The summed E-state index contributed by atoms with van der Waals surface area (Å²) in [7, 11) is 0. The number of aromatic nitrogens is 1. The fraction of sp³-hybridized carbons (Fsp3) is 0.533. The van der Waals surface area contributed by atoms with E-state index >= 15 is 0 Å². The third-order valence-corrected chi connectivity index (χ3v) is 6.60. The van der Waals surface area contributed by atoms with Crippen LogP contribution in [0.15, 0.2) is 47.0 Å². The number of benzene rings is 1. The van der Waals surface area contributed by atoms with E-state index in [9.17, 15) is 10.2 Å². The lowest BCUT2D eigenvalue weighted by atomic mass is 10.0. The number of rotatable bonds is 17. The zero-order valence-electron chi connectivity index (χ0n) is 22.8. The number of phenolic OH excluding ortho intramolecular Hbond substituents is 1. The Morgan fingerprint density at radius 1 is 1.00 bits per heavy atom. The van der Waals surface area contributed by atoms with Crippen molar-refractivity contribution in [3.05, 3.63) is 70.9 Å². The number of unbranched alkanes of at least 4 members (excludes halogenated alkanes) is 1. The predicted molar refractivity (Wildman–Crippen MR) is 149 cm³/mol. The minimum absolute atomic E-state index is 0.0379. The van der Waals surface area contributed by atoms with Crippen LogP contribution in [0.1, 0.15) is 80.8 Å². The van der Waals surface area contributed by atoms with Gasteiger partial charge in [-0.2, -0.15) is 0 Å². The number of likely N-dealkylation sites (N-methyl/N-ethyl adjacent to an activating group) is 1. The van der Waals surface area contributed by atoms with E-state index < -0.39 is 0 Å². The molecule has 1 aromatic carbocycles. The molecule has 0 amide bonds. The molecule has 3 aromatic rings. The number of aliphatic hydroxyl groups is 1. The quantitative estimate of drug-likeness (QED) is 0.170. The number of aromatic amines is 1. The van der Waals surface area contributed by atoms with Crippen LogP contribution in [-0.2, 0) is 19.3 Å². The first kappa shape index (κ1) is 28.8. The van der Waals surface area contributed by atoms with Crippen LogP contribution in [-0.4, -0.2) is 47.5 Å². The molecule has 3 rings (SSSR count). The summed E-state index contributed by atoms with van der Waals surface area (Å²) >= 11 is 0. The number of aliphatic hydroxyl groups excluding tert-OH is 1. The van der Waals surface area contributed by atoms with Gasteiger partial charge in [-0.25, -0.2) is 0 Å². The molecule has 2 heterocycles. The monoisotopic (exact) mass is 511 g/mol. The molecular weight excluding hydrogens is 466 g/mol. The second-order valence-corrected chi connectivity index (χ2v) is 9.99. The fourth-order valence-electron chi connectivity index (χ4n) is 4.36. The van der Waals surface area contributed by atoms with Crippen molar-refractivity contribution < 1.29 is 19.4 Å². The van der Waals surface area contributed by atoms with Crippen molar-refractivity contribution in [2.24, 2.45) is 0 Å². The van der Waals surface area contributed by atoms with E-state index in [0.717, 1.165) is 68.0 Å². The zero-order valence-corrected chi connectivity index (χ0v) is 22.8. The maximum Gasteiger partial charge on any atom is 0.161 e. The fourth-order valence-corrected chi connectivity index (χ4v) is 4.36. The van der Waals surface area contributed by atoms with Gasteiger partial charge in [0, 0.05) is 37.8 Å². The highest BCUT2D eigenvalue weighted by Crippen LogP contribution is 2.29. The highest BCUT2D eigenvalue weighted by atomic mass is 16.5. The molecule has 0 radical (unpaired) electrons. The van der Waals surface area contributed by atoms with Gasteiger partial charge in [0.1, 0.15) is 18.1 Å². The van der Waals surface area contributed by atoms with Gasteiger partial charge in [0.2, 0.25) is 0 Å². The highest BCUT2D eigenvalue weighted by molar-refractivity contribution is 5.42. The van der Waals surface area contributed by atoms with E-state index in [2.05, 4.69) is 54.6 Å². The van der Waals surface area contributed by atoms with Crippen LogP contribution in [0.5, 0.6) is 11.5 Å². The van der Waals surface area contributed by atoms with Crippen LogP contribution in [0.3, 0.4) is 0 Å². The number of hydrogen-bond donors (Lipinski definition) is 5. The summed E-state index contributed by atoms with van der Waals surface area (Å²) in [6.45, 7) is 10.8. The molecule has 3 atom stereocenters. The molecule has 37 heavy (non-hydrogen) atoms. The number of nitrogens with one attached hydrogen (secondary N) is 3. The van der Waals surface area contributed by atoms with Gasteiger partial charge >= 0.3 is 0 Å². The second-order valence-electron chi connectivity index (χ2n) is 9.99. The number of aryl methyl sites for hydroxylation is 3. The van der Waals surface area contributed by atoms with Gasteiger partial charge in [0.25, 0.3) is 0 Å². The Kier molecular flexibility index (Phi) is 11.6. The molecule has 5 N–H and O–H groups in total. The minimum atomic E-state index is -0.354. The molecule has 0 aliphatic carbocycles. The van der Waals surface area contributed by atoms with E-state index in [1.165, 1.54) is 5.56 Å². The summed E-state index contributed by atoms with van der Waals surface area (Å²) in [5.41, 5.74) is 3.35. The van der Waals surface area contributed by atoms with Gasteiger partial charge in [-0.3, -0.25) is 0 Å². The Morgan fingerprint density at radius 3 is 2.51 bits per heavy atom. The lowest BCUT2D eigenvalue weighted by molar-refractivity contribution is 0.191. The van der Waals surface area contributed by atoms with E-state index in [1.807, 2.05) is 18.3 Å². The average molecular weight is 512 g/mol. The Morgan fingerprint density at radius 2 is 1.78 bits per heavy atom. The molecule has 0 saturated heterocycles. The maximum absolute atomic E-state index is 10.4. The summed E-state index contributed by atoms with van der Waals surface area (Å²) in [4.78, 5) is 3.39. The van der Waals surface area contributed by atoms with Gasteiger partial charge in [-0.15, -0.1) is 0 Å². The van der Waals surface area contributed by atoms with E-state index in [-0.39, 0.29) is 17.9 Å². The van der Waals surface area contributed by atoms with Crippen molar-refractivity contribution in [2.75, 3.05) is 26.2 Å². The van der Waals surface area contributed by atoms with Gasteiger partial charge in [-0.05, 0) is 73.7 Å².